The number of oxime groups is 1. The van der Waals surface area contributed by atoms with E-state index >= 15 is 0 Å². The minimum Gasteiger partial charge on any atom is -0.496 e. The number of H-pyrrole nitrogens is 1. The molecule has 0 saturated heterocycles. The number of Topliss-reactive ketones (excluding diaryl/α,β-unsaturated/α-hetero) is 1. The van der Waals surface area contributed by atoms with E-state index in [0.29, 0.717) is 22.6 Å². The first-order valence-corrected chi connectivity index (χ1v) is 8.11. The van der Waals surface area contributed by atoms with E-state index in [2.05, 4.69) is 10.1 Å². The molecule has 1 N–H and O–H groups in total. The van der Waals surface area contributed by atoms with E-state index in [9.17, 15) is 14.0 Å². The fraction of sp³-hybridized carbons (Fsp3) is 0.316. The molecule has 1 heterocycles. The zero-order valence-electron chi connectivity index (χ0n) is 15.1. The molecule has 1 aromatic heterocycles. The summed E-state index contributed by atoms with van der Waals surface area (Å²) in [5.74, 6) is -0.554. The second-order valence-electron chi connectivity index (χ2n) is 6.03. The van der Waals surface area contributed by atoms with Crippen molar-refractivity contribution in [1.82, 2.24) is 4.98 Å². The number of carbonyl (C=O) groups excluding carboxylic acids is 1. The lowest BCUT2D eigenvalue weighted by Crippen LogP contribution is -2.18. The number of hydrogen-bond acceptors (Lipinski definition) is 5. The molecule has 26 heavy (non-hydrogen) atoms. The number of ether oxygens (including phenoxy) is 1. The monoisotopic (exact) mass is 360 g/mol. The summed E-state index contributed by atoms with van der Waals surface area (Å²) < 4.78 is 18.6. The number of aromatic amines is 1. The van der Waals surface area contributed by atoms with Crippen molar-refractivity contribution in [3.05, 3.63) is 63.3 Å². The number of halogens is 1. The van der Waals surface area contributed by atoms with Gasteiger partial charge in [-0.1, -0.05) is 5.16 Å². The Bertz CT molecular complexity index is 887. The third-order valence-electron chi connectivity index (χ3n) is 3.58. The van der Waals surface area contributed by atoms with Crippen LogP contribution in [0.2, 0.25) is 0 Å². The predicted molar refractivity (Wildman–Crippen MR) is 96.5 cm³/mol. The lowest BCUT2D eigenvalue weighted by Gasteiger charge is -2.09. The molecular weight excluding hydrogens is 339 g/mol. The maximum Gasteiger partial charge on any atom is 0.257 e. The summed E-state index contributed by atoms with van der Waals surface area (Å²) in [6.45, 7) is 5.29. The van der Waals surface area contributed by atoms with Gasteiger partial charge in [-0.05, 0) is 50.6 Å². The van der Waals surface area contributed by atoms with Crippen LogP contribution in [-0.2, 0) is 11.3 Å². The molecule has 0 aliphatic heterocycles. The van der Waals surface area contributed by atoms with Gasteiger partial charge in [-0.15, -0.1) is 0 Å². The van der Waals surface area contributed by atoms with Crippen molar-refractivity contribution < 1.29 is 18.8 Å². The first kappa shape index (κ1) is 19.4. The van der Waals surface area contributed by atoms with Crippen LogP contribution in [0.25, 0.3) is 0 Å². The first-order valence-electron chi connectivity index (χ1n) is 8.11. The highest BCUT2D eigenvalue weighted by Crippen LogP contribution is 2.21. The topological polar surface area (TPSA) is 80.8 Å². The van der Waals surface area contributed by atoms with Crippen LogP contribution in [0.3, 0.4) is 0 Å². The predicted octanol–water partition coefficient (Wildman–Crippen LogP) is 3.10. The van der Waals surface area contributed by atoms with Crippen LogP contribution in [0.4, 0.5) is 4.39 Å². The second kappa shape index (κ2) is 8.42. The maximum atomic E-state index is 13.5. The third-order valence-corrected chi connectivity index (χ3v) is 3.58. The Morgan fingerprint density at radius 2 is 2.00 bits per heavy atom. The molecule has 0 fully saturated rings. The normalized spacial score (nSPS) is 11.5. The van der Waals surface area contributed by atoms with Gasteiger partial charge in [0.05, 0.1) is 23.9 Å². The van der Waals surface area contributed by atoms with Gasteiger partial charge in [0, 0.05) is 12.6 Å². The van der Waals surface area contributed by atoms with Gasteiger partial charge in [-0.2, -0.15) is 0 Å². The molecule has 2 aromatic rings. The molecule has 0 spiro atoms. The molecule has 0 unspecified atom stereocenters. The third kappa shape index (κ3) is 4.78. The fourth-order valence-electron chi connectivity index (χ4n) is 2.31. The van der Waals surface area contributed by atoms with Gasteiger partial charge in [-0.3, -0.25) is 9.59 Å². The molecule has 1 aromatic carbocycles. The molecular formula is C19H21FN2O4. The number of benzene rings is 1. The lowest BCUT2D eigenvalue weighted by atomic mass is 10.0. The fourth-order valence-corrected chi connectivity index (χ4v) is 2.31. The number of rotatable bonds is 7. The first-order chi connectivity index (χ1) is 12.3. The summed E-state index contributed by atoms with van der Waals surface area (Å²) in [5, 5.41) is 3.91. The number of aromatic nitrogens is 1. The minimum absolute atomic E-state index is 0.0259. The summed E-state index contributed by atoms with van der Waals surface area (Å²) in [4.78, 5) is 32.3. The highest BCUT2D eigenvalue weighted by atomic mass is 19.1. The summed E-state index contributed by atoms with van der Waals surface area (Å²) >= 11 is 0. The van der Waals surface area contributed by atoms with Crippen LogP contribution in [-0.4, -0.2) is 29.7 Å². The molecule has 138 valence electrons. The van der Waals surface area contributed by atoms with Gasteiger partial charge >= 0.3 is 0 Å². The number of ketones is 1. The number of pyridine rings is 1. The number of nitrogens with one attached hydrogen (secondary N) is 1. The van der Waals surface area contributed by atoms with Crippen LogP contribution < -0.4 is 10.3 Å². The van der Waals surface area contributed by atoms with E-state index in [1.54, 1.807) is 13.0 Å². The Labute approximate surface area is 150 Å². The van der Waals surface area contributed by atoms with Gasteiger partial charge in [0.15, 0.2) is 5.78 Å². The Hall–Kier alpha value is -2.96. The Kier molecular flexibility index (Phi) is 6.27. The summed E-state index contributed by atoms with van der Waals surface area (Å²) in [6.07, 6.45) is 1.31. The number of hydrogen-bond donors (Lipinski definition) is 1. The minimum atomic E-state index is -0.523. The highest BCUT2D eigenvalue weighted by Gasteiger charge is 2.15. The van der Waals surface area contributed by atoms with E-state index in [0.717, 1.165) is 6.07 Å². The van der Waals surface area contributed by atoms with E-state index < -0.39 is 5.82 Å². The van der Waals surface area contributed by atoms with Crippen LogP contribution >= 0.6 is 0 Å². The van der Waals surface area contributed by atoms with Crippen molar-refractivity contribution in [2.24, 2.45) is 5.16 Å². The smallest absolute Gasteiger partial charge is 0.257 e. The lowest BCUT2D eigenvalue weighted by molar-refractivity contribution is 0.0860. The molecule has 0 radical (unpaired) electrons. The van der Waals surface area contributed by atoms with Crippen molar-refractivity contribution in [2.45, 2.75) is 33.3 Å². The van der Waals surface area contributed by atoms with Crippen LogP contribution in [0.1, 0.15) is 42.3 Å². The SMILES string of the molecule is COc1ccc(F)cc1C(=O)Cc1c[nH]c(=O)c(/C(C)=N/OC(C)C)c1. The summed E-state index contributed by atoms with van der Waals surface area (Å²) in [5.41, 5.74) is 1.08. The molecule has 0 aliphatic rings. The van der Waals surface area contributed by atoms with E-state index in [-0.39, 0.29) is 29.4 Å². The second-order valence-corrected chi connectivity index (χ2v) is 6.03. The average molecular weight is 360 g/mol. The van der Waals surface area contributed by atoms with Gasteiger partial charge in [0.1, 0.15) is 17.7 Å². The Morgan fingerprint density at radius 3 is 2.65 bits per heavy atom. The molecule has 0 aliphatic carbocycles. The van der Waals surface area contributed by atoms with Crippen LogP contribution in [0, 0.1) is 5.82 Å². The van der Waals surface area contributed by atoms with Crippen molar-refractivity contribution in [2.75, 3.05) is 7.11 Å². The molecule has 0 atom stereocenters. The van der Waals surface area contributed by atoms with Crippen molar-refractivity contribution in [1.29, 1.82) is 0 Å². The summed E-state index contributed by atoms with van der Waals surface area (Å²) in [7, 11) is 1.41. The molecule has 0 saturated carbocycles. The van der Waals surface area contributed by atoms with Crippen molar-refractivity contribution in [3.8, 4) is 5.75 Å². The van der Waals surface area contributed by atoms with Crippen LogP contribution in [0.5, 0.6) is 5.75 Å². The molecule has 6 nitrogen and oxygen atoms in total. The molecule has 0 bridgehead atoms. The van der Waals surface area contributed by atoms with Gasteiger partial charge in [0.2, 0.25) is 0 Å². The van der Waals surface area contributed by atoms with Gasteiger partial charge in [0.25, 0.3) is 5.56 Å². The number of nitrogens with zero attached hydrogens (tertiary/aromatic N) is 1. The number of methoxy groups -OCH3 is 1. The zero-order chi connectivity index (χ0) is 19.3. The maximum absolute atomic E-state index is 13.5. The van der Waals surface area contributed by atoms with Crippen LogP contribution in [0.15, 0.2) is 40.4 Å². The van der Waals surface area contributed by atoms with E-state index in [4.69, 9.17) is 9.57 Å². The molecule has 0 amide bonds. The molecule has 2 rings (SSSR count). The Morgan fingerprint density at radius 1 is 1.27 bits per heavy atom. The summed E-state index contributed by atoms with van der Waals surface area (Å²) in [6, 6.07) is 5.34. The van der Waals surface area contributed by atoms with E-state index in [1.807, 2.05) is 13.8 Å². The quantitative estimate of drug-likeness (QED) is 0.467. The largest absolute Gasteiger partial charge is 0.496 e. The zero-order valence-corrected chi connectivity index (χ0v) is 15.1. The van der Waals surface area contributed by atoms with Crippen molar-refractivity contribution >= 4 is 11.5 Å². The van der Waals surface area contributed by atoms with Gasteiger partial charge in [-0.25, -0.2) is 4.39 Å². The number of carbonyl (C=O) groups is 1. The molecule has 7 heteroatoms. The van der Waals surface area contributed by atoms with Gasteiger partial charge < -0.3 is 14.6 Å². The highest BCUT2D eigenvalue weighted by molar-refractivity contribution is 6.01. The average Bonchev–Trinajstić information content (AvgIpc) is 2.61. The van der Waals surface area contributed by atoms with E-state index in [1.165, 1.54) is 25.4 Å². The standard InChI is InChI=1S/C19H21FN2O4/c1-11(2)26-22-12(3)15-7-13(10-21-19(15)24)8-17(23)16-9-14(20)5-6-18(16)25-4/h5-7,9-11H,8H2,1-4H3,(H,21,24)/b22-12+. The van der Waals surface area contributed by atoms with Crippen molar-refractivity contribution in [3.63, 3.8) is 0 Å². The Balaban J connectivity index is 2.29.